The second-order valence-electron chi connectivity index (χ2n) is 5.54. The largest absolute Gasteiger partial charge is 0.493 e. The van der Waals surface area contributed by atoms with Crippen LogP contribution in [-0.2, 0) is 11.2 Å². The topological polar surface area (TPSA) is 48.4 Å². The number of nitrogens with zero attached hydrogens (tertiary/aromatic N) is 1. The van der Waals surface area contributed by atoms with Gasteiger partial charge in [0.25, 0.3) is 0 Å². The van der Waals surface area contributed by atoms with E-state index in [4.69, 9.17) is 9.47 Å². The molecule has 5 heteroatoms. The van der Waals surface area contributed by atoms with Gasteiger partial charge in [0.1, 0.15) is 16.5 Å². The number of para-hydroxylation sites is 1. The smallest absolute Gasteiger partial charge is 0.317 e. The fourth-order valence-electron chi connectivity index (χ4n) is 2.43. The number of esters is 1. The van der Waals surface area contributed by atoms with Crippen molar-refractivity contribution >= 4 is 17.3 Å². The van der Waals surface area contributed by atoms with Crippen molar-refractivity contribution in [2.45, 2.75) is 20.3 Å². The van der Waals surface area contributed by atoms with Crippen LogP contribution in [0.5, 0.6) is 11.5 Å². The van der Waals surface area contributed by atoms with E-state index >= 15 is 0 Å². The summed E-state index contributed by atoms with van der Waals surface area (Å²) in [6.07, 6.45) is 0.140. The third-order valence-electron chi connectivity index (χ3n) is 3.52. The lowest BCUT2D eigenvalue weighted by atomic mass is 10.2. The Morgan fingerprint density at radius 2 is 2.00 bits per heavy atom. The van der Waals surface area contributed by atoms with Crippen molar-refractivity contribution in [3.05, 3.63) is 65.2 Å². The fraction of sp³-hybridized carbons (Fsp3) is 0.200. The Morgan fingerprint density at radius 1 is 1.16 bits per heavy atom. The van der Waals surface area contributed by atoms with Gasteiger partial charge in [-0.25, -0.2) is 4.98 Å². The number of thiazole rings is 1. The first-order valence-electron chi connectivity index (χ1n) is 8.09. The summed E-state index contributed by atoms with van der Waals surface area (Å²) in [5.74, 6) is 1.04. The van der Waals surface area contributed by atoms with Crippen LogP contribution in [0.25, 0.3) is 10.6 Å². The predicted octanol–water partition coefficient (Wildman–Crippen LogP) is 4.67. The van der Waals surface area contributed by atoms with E-state index in [2.05, 4.69) is 4.98 Å². The summed E-state index contributed by atoms with van der Waals surface area (Å²) >= 11 is 1.49. The molecule has 0 bridgehead atoms. The summed E-state index contributed by atoms with van der Waals surface area (Å²) in [5, 5.41) is 2.72. The monoisotopic (exact) mass is 353 g/mol. The first kappa shape index (κ1) is 17.2. The molecule has 0 spiro atoms. The Bertz CT molecular complexity index is 873. The maximum atomic E-state index is 12.1. The summed E-state index contributed by atoms with van der Waals surface area (Å²) in [7, 11) is 0. The van der Waals surface area contributed by atoms with Crippen LogP contribution in [0.2, 0.25) is 0 Å². The van der Waals surface area contributed by atoms with Gasteiger partial charge in [-0.3, -0.25) is 4.79 Å². The molecule has 0 radical (unpaired) electrons. The van der Waals surface area contributed by atoms with Crippen molar-refractivity contribution in [2.24, 2.45) is 0 Å². The lowest BCUT2D eigenvalue weighted by Crippen LogP contribution is -2.11. The molecule has 0 aliphatic heterocycles. The van der Waals surface area contributed by atoms with Gasteiger partial charge in [0.2, 0.25) is 0 Å². The molecule has 2 aromatic carbocycles. The first-order chi connectivity index (χ1) is 12.2. The lowest BCUT2D eigenvalue weighted by molar-refractivity contribution is -0.133. The van der Waals surface area contributed by atoms with Gasteiger partial charge in [0, 0.05) is 5.38 Å². The second kappa shape index (κ2) is 7.94. The minimum absolute atomic E-state index is 0.140. The number of aromatic nitrogens is 1. The van der Waals surface area contributed by atoms with Crippen LogP contribution >= 0.6 is 11.3 Å². The minimum Gasteiger partial charge on any atom is -0.493 e. The first-order valence-corrected chi connectivity index (χ1v) is 8.97. The van der Waals surface area contributed by atoms with Gasteiger partial charge in [-0.05, 0) is 43.7 Å². The van der Waals surface area contributed by atoms with Crippen molar-refractivity contribution in [1.82, 2.24) is 4.98 Å². The van der Waals surface area contributed by atoms with Crippen LogP contribution in [0.3, 0.4) is 0 Å². The molecule has 4 nitrogen and oxygen atoms in total. The van der Waals surface area contributed by atoms with E-state index in [0.29, 0.717) is 18.1 Å². The van der Waals surface area contributed by atoms with E-state index < -0.39 is 0 Å². The molecule has 128 valence electrons. The van der Waals surface area contributed by atoms with Crippen LogP contribution in [0.4, 0.5) is 0 Å². The number of rotatable bonds is 6. The zero-order chi connectivity index (χ0) is 17.6. The highest BCUT2D eigenvalue weighted by Gasteiger charge is 2.13. The average Bonchev–Trinajstić information content (AvgIpc) is 3.04. The normalized spacial score (nSPS) is 10.5. The molecular formula is C20H19NO3S. The highest BCUT2D eigenvalue weighted by molar-refractivity contribution is 7.13. The number of ether oxygens (including phenoxy) is 2. The minimum atomic E-state index is -0.319. The highest BCUT2D eigenvalue weighted by Crippen LogP contribution is 2.32. The number of carbonyl (C=O) groups excluding carboxylic acids is 1. The third-order valence-corrected chi connectivity index (χ3v) is 4.44. The van der Waals surface area contributed by atoms with E-state index in [9.17, 15) is 4.79 Å². The van der Waals surface area contributed by atoms with Crippen LogP contribution < -0.4 is 9.47 Å². The Balaban J connectivity index is 1.70. The maximum Gasteiger partial charge on any atom is 0.317 e. The van der Waals surface area contributed by atoms with Gasteiger partial charge >= 0.3 is 5.97 Å². The molecule has 1 heterocycles. The van der Waals surface area contributed by atoms with Gasteiger partial charge in [-0.15, -0.1) is 11.3 Å². The zero-order valence-electron chi connectivity index (χ0n) is 14.2. The Kier molecular flexibility index (Phi) is 5.46. The molecule has 0 aliphatic carbocycles. The van der Waals surface area contributed by atoms with E-state index in [0.717, 1.165) is 21.9 Å². The van der Waals surface area contributed by atoms with E-state index in [1.165, 1.54) is 11.3 Å². The molecule has 0 saturated heterocycles. The Morgan fingerprint density at radius 3 is 2.80 bits per heavy atom. The van der Waals surface area contributed by atoms with Crippen LogP contribution in [0.15, 0.2) is 53.9 Å². The fourth-order valence-corrected chi connectivity index (χ4v) is 3.28. The SMILES string of the molecule is CCOc1ccccc1-c1nc(CC(=O)Oc2cccc(C)c2)cs1. The molecule has 0 saturated carbocycles. The van der Waals surface area contributed by atoms with Crippen molar-refractivity contribution in [1.29, 1.82) is 0 Å². The molecule has 1 aromatic heterocycles. The summed E-state index contributed by atoms with van der Waals surface area (Å²) in [4.78, 5) is 16.7. The summed E-state index contributed by atoms with van der Waals surface area (Å²) in [5.41, 5.74) is 2.69. The number of carbonyl (C=O) groups is 1. The lowest BCUT2D eigenvalue weighted by Gasteiger charge is -2.07. The van der Waals surface area contributed by atoms with E-state index in [1.54, 1.807) is 6.07 Å². The molecule has 0 aliphatic rings. The predicted molar refractivity (Wildman–Crippen MR) is 99.2 cm³/mol. The Labute approximate surface area is 151 Å². The average molecular weight is 353 g/mol. The van der Waals surface area contributed by atoms with Crippen LogP contribution in [0.1, 0.15) is 18.2 Å². The van der Waals surface area contributed by atoms with Crippen molar-refractivity contribution in [2.75, 3.05) is 6.61 Å². The molecule has 0 fully saturated rings. The van der Waals surface area contributed by atoms with Gasteiger partial charge in [-0.2, -0.15) is 0 Å². The van der Waals surface area contributed by atoms with Gasteiger partial charge in [0.05, 0.1) is 24.3 Å². The summed E-state index contributed by atoms with van der Waals surface area (Å²) in [6.45, 7) is 4.50. The maximum absolute atomic E-state index is 12.1. The van der Waals surface area contributed by atoms with Gasteiger partial charge in [0.15, 0.2) is 0 Å². The third kappa shape index (κ3) is 4.45. The number of benzene rings is 2. The number of hydrogen-bond donors (Lipinski definition) is 0. The number of hydrogen-bond acceptors (Lipinski definition) is 5. The van der Waals surface area contributed by atoms with Crippen molar-refractivity contribution < 1.29 is 14.3 Å². The molecule has 3 rings (SSSR count). The summed E-state index contributed by atoms with van der Waals surface area (Å²) in [6, 6.07) is 15.2. The molecule has 0 amide bonds. The Hall–Kier alpha value is -2.66. The van der Waals surface area contributed by atoms with Gasteiger partial charge in [-0.1, -0.05) is 24.3 Å². The van der Waals surface area contributed by atoms with Crippen LogP contribution in [-0.4, -0.2) is 17.6 Å². The van der Waals surface area contributed by atoms with Crippen molar-refractivity contribution in [3.63, 3.8) is 0 Å². The van der Waals surface area contributed by atoms with E-state index in [-0.39, 0.29) is 12.4 Å². The number of aryl methyl sites for hydroxylation is 1. The van der Waals surface area contributed by atoms with Crippen LogP contribution in [0, 0.1) is 6.92 Å². The summed E-state index contributed by atoms with van der Waals surface area (Å²) < 4.78 is 11.0. The molecule has 0 N–H and O–H groups in total. The molecule has 0 atom stereocenters. The zero-order valence-corrected chi connectivity index (χ0v) is 15.0. The van der Waals surface area contributed by atoms with Gasteiger partial charge < -0.3 is 9.47 Å². The van der Waals surface area contributed by atoms with Crippen molar-refractivity contribution in [3.8, 4) is 22.1 Å². The standard InChI is InChI=1S/C20H19NO3S/c1-3-23-18-10-5-4-9-17(18)20-21-15(13-25-20)12-19(22)24-16-8-6-7-14(2)11-16/h4-11,13H,3,12H2,1-2H3. The molecular weight excluding hydrogens is 334 g/mol. The molecule has 3 aromatic rings. The molecule has 0 unspecified atom stereocenters. The molecule has 25 heavy (non-hydrogen) atoms. The van der Waals surface area contributed by atoms with E-state index in [1.807, 2.05) is 61.7 Å². The second-order valence-corrected chi connectivity index (χ2v) is 6.40. The quantitative estimate of drug-likeness (QED) is 0.477. The highest BCUT2D eigenvalue weighted by atomic mass is 32.1.